The van der Waals surface area contributed by atoms with E-state index >= 15 is 0 Å². The van der Waals surface area contributed by atoms with Gasteiger partial charge in [0.1, 0.15) is 17.5 Å². The van der Waals surface area contributed by atoms with Crippen LogP contribution in [0.15, 0.2) is 24.4 Å². The molecule has 16 heavy (non-hydrogen) atoms. The summed E-state index contributed by atoms with van der Waals surface area (Å²) in [7, 11) is 0. The molecule has 0 atom stereocenters. The Hall–Kier alpha value is -1.71. The number of aromatic nitrogens is 1. The van der Waals surface area contributed by atoms with Crippen LogP contribution in [0.1, 0.15) is 13.3 Å². The Morgan fingerprint density at radius 1 is 1.25 bits per heavy atom. The van der Waals surface area contributed by atoms with Crippen LogP contribution in [0.2, 0.25) is 0 Å². The molecule has 0 aliphatic heterocycles. The van der Waals surface area contributed by atoms with Gasteiger partial charge in [-0.15, -0.1) is 0 Å². The van der Waals surface area contributed by atoms with Gasteiger partial charge in [0.2, 0.25) is 0 Å². The van der Waals surface area contributed by atoms with E-state index in [-0.39, 0.29) is 0 Å². The van der Waals surface area contributed by atoms with Gasteiger partial charge < -0.3 is 5.32 Å². The number of nitrogens with zero attached hydrogens (tertiary/aromatic N) is 1. The van der Waals surface area contributed by atoms with Gasteiger partial charge in [0.05, 0.1) is 0 Å². The molecule has 1 N–H and O–H groups in total. The first-order chi connectivity index (χ1) is 7.72. The van der Waals surface area contributed by atoms with E-state index in [4.69, 9.17) is 0 Å². The molecule has 2 nitrogen and oxygen atoms in total. The van der Waals surface area contributed by atoms with Crippen LogP contribution in [0.25, 0.3) is 10.8 Å². The van der Waals surface area contributed by atoms with E-state index in [1.54, 1.807) is 6.07 Å². The number of halogens is 2. The lowest BCUT2D eigenvalue weighted by atomic mass is 10.1. The molecule has 0 saturated heterocycles. The van der Waals surface area contributed by atoms with Crippen molar-refractivity contribution in [2.45, 2.75) is 13.3 Å². The van der Waals surface area contributed by atoms with Gasteiger partial charge in [-0.2, -0.15) is 0 Å². The highest BCUT2D eigenvalue weighted by Gasteiger charge is 2.07. The summed E-state index contributed by atoms with van der Waals surface area (Å²) in [6.45, 7) is 2.74. The lowest BCUT2D eigenvalue weighted by Crippen LogP contribution is -2.02. The van der Waals surface area contributed by atoms with Crippen molar-refractivity contribution >= 4 is 16.6 Å². The number of anilines is 1. The number of pyridine rings is 1. The first kappa shape index (κ1) is 10.8. The van der Waals surface area contributed by atoms with E-state index in [1.165, 1.54) is 12.3 Å². The predicted molar refractivity (Wildman–Crippen MR) is 60.4 cm³/mol. The molecule has 84 valence electrons. The van der Waals surface area contributed by atoms with Crippen LogP contribution < -0.4 is 5.32 Å². The molecule has 0 unspecified atom stereocenters. The van der Waals surface area contributed by atoms with Gasteiger partial charge in [-0.1, -0.05) is 6.92 Å². The van der Waals surface area contributed by atoms with E-state index < -0.39 is 11.6 Å². The molecule has 0 aliphatic rings. The Bertz CT molecular complexity index is 512. The average Bonchev–Trinajstić information content (AvgIpc) is 2.26. The maximum Gasteiger partial charge on any atom is 0.134 e. The molecule has 2 rings (SSSR count). The SMILES string of the molecule is CCCNc1nccc2c(F)cc(F)cc12. The highest BCUT2D eigenvalue weighted by Crippen LogP contribution is 2.24. The number of hydrogen-bond acceptors (Lipinski definition) is 2. The Balaban J connectivity index is 2.57. The van der Waals surface area contributed by atoms with Crippen molar-refractivity contribution in [1.82, 2.24) is 4.98 Å². The molecule has 0 fully saturated rings. The van der Waals surface area contributed by atoms with Gasteiger partial charge in [0.25, 0.3) is 0 Å². The average molecular weight is 222 g/mol. The summed E-state index contributed by atoms with van der Waals surface area (Å²) >= 11 is 0. The van der Waals surface area contributed by atoms with Crippen molar-refractivity contribution in [2.24, 2.45) is 0 Å². The lowest BCUT2D eigenvalue weighted by molar-refractivity contribution is 0.592. The number of nitrogens with one attached hydrogen (secondary N) is 1. The fourth-order valence-corrected chi connectivity index (χ4v) is 1.59. The summed E-state index contributed by atoms with van der Waals surface area (Å²) in [5, 5.41) is 3.91. The topological polar surface area (TPSA) is 24.9 Å². The second kappa shape index (κ2) is 4.43. The van der Waals surface area contributed by atoms with Crippen LogP contribution in [0.4, 0.5) is 14.6 Å². The first-order valence-electron chi connectivity index (χ1n) is 5.20. The fourth-order valence-electron chi connectivity index (χ4n) is 1.59. The van der Waals surface area contributed by atoms with Crippen LogP contribution >= 0.6 is 0 Å². The molecular weight excluding hydrogens is 210 g/mol. The number of benzene rings is 1. The Morgan fingerprint density at radius 2 is 2.06 bits per heavy atom. The van der Waals surface area contributed by atoms with E-state index in [0.717, 1.165) is 19.0 Å². The minimum atomic E-state index is -0.586. The minimum Gasteiger partial charge on any atom is -0.370 e. The summed E-state index contributed by atoms with van der Waals surface area (Å²) in [6.07, 6.45) is 2.44. The highest BCUT2D eigenvalue weighted by molar-refractivity contribution is 5.92. The maximum atomic E-state index is 13.5. The second-order valence-electron chi connectivity index (χ2n) is 3.57. The molecular formula is C12H12F2N2. The second-order valence-corrected chi connectivity index (χ2v) is 3.57. The quantitative estimate of drug-likeness (QED) is 0.861. The molecule has 1 heterocycles. The zero-order chi connectivity index (χ0) is 11.5. The van der Waals surface area contributed by atoms with Gasteiger partial charge >= 0.3 is 0 Å². The van der Waals surface area contributed by atoms with Crippen molar-refractivity contribution in [3.05, 3.63) is 36.0 Å². The first-order valence-corrected chi connectivity index (χ1v) is 5.20. The Kier molecular flexibility index (Phi) is 2.99. The number of hydrogen-bond donors (Lipinski definition) is 1. The van der Waals surface area contributed by atoms with E-state index in [0.29, 0.717) is 16.6 Å². The predicted octanol–water partition coefficient (Wildman–Crippen LogP) is 3.33. The smallest absolute Gasteiger partial charge is 0.134 e. The molecule has 0 amide bonds. The number of fused-ring (bicyclic) bond motifs is 1. The van der Waals surface area contributed by atoms with Crippen molar-refractivity contribution < 1.29 is 8.78 Å². The van der Waals surface area contributed by atoms with Crippen molar-refractivity contribution in [3.63, 3.8) is 0 Å². The third-order valence-electron chi connectivity index (χ3n) is 2.34. The zero-order valence-electron chi connectivity index (χ0n) is 8.93. The third kappa shape index (κ3) is 1.96. The summed E-state index contributed by atoms with van der Waals surface area (Å²) in [6, 6.07) is 3.72. The van der Waals surface area contributed by atoms with Gasteiger partial charge in [-0.05, 0) is 18.6 Å². The highest BCUT2D eigenvalue weighted by atomic mass is 19.1. The standard InChI is InChI=1S/C12H12F2N2/c1-2-4-15-12-10-6-8(13)7-11(14)9(10)3-5-16-12/h3,5-7H,2,4H2,1H3,(H,15,16). The lowest BCUT2D eigenvalue weighted by Gasteiger charge is -2.08. The van der Waals surface area contributed by atoms with Gasteiger partial charge in [-0.3, -0.25) is 0 Å². The molecule has 0 radical (unpaired) electrons. The van der Waals surface area contributed by atoms with Crippen LogP contribution in [0, 0.1) is 11.6 Å². The van der Waals surface area contributed by atoms with E-state index in [2.05, 4.69) is 10.3 Å². The molecule has 1 aromatic carbocycles. The minimum absolute atomic E-state index is 0.384. The molecule has 1 aromatic heterocycles. The zero-order valence-corrected chi connectivity index (χ0v) is 8.93. The third-order valence-corrected chi connectivity index (χ3v) is 2.34. The van der Waals surface area contributed by atoms with Crippen LogP contribution in [-0.2, 0) is 0 Å². The molecule has 0 saturated carbocycles. The molecule has 0 bridgehead atoms. The van der Waals surface area contributed by atoms with E-state index in [9.17, 15) is 8.78 Å². The fraction of sp³-hybridized carbons (Fsp3) is 0.250. The van der Waals surface area contributed by atoms with Gasteiger partial charge in [0, 0.05) is 29.6 Å². The molecule has 0 spiro atoms. The van der Waals surface area contributed by atoms with Crippen molar-refractivity contribution in [2.75, 3.05) is 11.9 Å². The molecule has 0 aliphatic carbocycles. The molecule has 4 heteroatoms. The molecule has 2 aromatic rings. The van der Waals surface area contributed by atoms with Crippen molar-refractivity contribution in [3.8, 4) is 0 Å². The monoisotopic (exact) mass is 222 g/mol. The van der Waals surface area contributed by atoms with Gasteiger partial charge in [0.15, 0.2) is 0 Å². The van der Waals surface area contributed by atoms with Crippen molar-refractivity contribution in [1.29, 1.82) is 0 Å². The van der Waals surface area contributed by atoms with Gasteiger partial charge in [-0.25, -0.2) is 13.8 Å². The summed E-state index contributed by atoms with van der Waals surface area (Å²) in [4.78, 5) is 4.08. The normalized spacial score (nSPS) is 10.7. The number of rotatable bonds is 3. The van der Waals surface area contributed by atoms with Crippen LogP contribution in [-0.4, -0.2) is 11.5 Å². The largest absolute Gasteiger partial charge is 0.370 e. The summed E-state index contributed by atoms with van der Waals surface area (Å²) < 4.78 is 26.6. The maximum absolute atomic E-state index is 13.5. The van der Waals surface area contributed by atoms with Crippen LogP contribution in [0.3, 0.4) is 0 Å². The van der Waals surface area contributed by atoms with E-state index in [1.807, 2.05) is 6.92 Å². The van der Waals surface area contributed by atoms with Crippen LogP contribution in [0.5, 0.6) is 0 Å². The summed E-state index contributed by atoms with van der Waals surface area (Å²) in [5.74, 6) is -0.618. The summed E-state index contributed by atoms with van der Waals surface area (Å²) in [5.41, 5.74) is 0. The Labute approximate surface area is 92.3 Å². The Morgan fingerprint density at radius 3 is 2.81 bits per heavy atom.